The van der Waals surface area contributed by atoms with Crippen molar-refractivity contribution in [2.75, 3.05) is 0 Å². The fraction of sp³-hybridized carbons (Fsp3) is 0.188. The summed E-state index contributed by atoms with van der Waals surface area (Å²) in [5.41, 5.74) is 4.20. The maximum Gasteiger partial charge on any atom is 0.213 e. The highest BCUT2D eigenvalue weighted by atomic mass is 16.5. The molecule has 0 unspecified atom stereocenters. The van der Waals surface area contributed by atoms with Gasteiger partial charge in [-0.2, -0.15) is 0 Å². The zero-order chi connectivity index (χ0) is 13.0. The Morgan fingerprint density at radius 3 is 2.50 bits per heavy atom. The summed E-state index contributed by atoms with van der Waals surface area (Å²) in [7, 11) is 0. The largest absolute Gasteiger partial charge is 0.473 e. The molecule has 0 saturated heterocycles. The van der Waals surface area contributed by atoms with Gasteiger partial charge in [-0.05, 0) is 36.6 Å². The van der Waals surface area contributed by atoms with Crippen molar-refractivity contribution in [1.29, 1.82) is 0 Å². The summed E-state index contributed by atoms with van der Waals surface area (Å²) in [5, 5.41) is 0. The molecule has 2 rings (SSSR count). The van der Waals surface area contributed by atoms with Crippen LogP contribution in [0.1, 0.15) is 23.7 Å². The summed E-state index contributed by atoms with van der Waals surface area (Å²) in [6.45, 7) is 8.42. The molecule has 2 aromatic rings. The minimum Gasteiger partial charge on any atom is -0.473 e. The Morgan fingerprint density at radius 1 is 1.17 bits per heavy atom. The van der Waals surface area contributed by atoms with Crippen molar-refractivity contribution >= 4 is 5.57 Å². The van der Waals surface area contributed by atoms with Gasteiger partial charge in [0.15, 0.2) is 0 Å². The molecule has 0 saturated carbocycles. The predicted molar refractivity (Wildman–Crippen MR) is 74.5 cm³/mol. The highest BCUT2D eigenvalue weighted by molar-refractivity contribution is 5.63. The summed E-state index contributed by atoms with van der Waals surface area (Å²) < 4.78 is 5.67. The minimum absolute atomic E-state index is 0.541. The fourth-order valence-electron chi connectivity index (χ4n) is 1.80. The quantitative estimate of drug-likeness (QED) is 0.804. The Hall–Kier alpha value is -2.09. The van der Waals surface area contributed by atoms with E-state index in [0.717, 1.165) is 22.4 Å². The summed E-state index contributed by atoms with van der Waals surface area (Å²) in [4.78, 5) is 4.43. The average molecular weight is 239 g/mol. The molecule has 0 bridgehead atoms. The van der Waals surface area contributed by atoms with E-state index in [1.165, 1.54) is 0 Å². The van der Waals surface area contributed by atoms with Crippen LogP contribution in [0.4, 0.5) is 0 Å². The molecule has 0 N–H and O–H groups in total. The van der Waals surface area contributed by atoms with E-state index in [1.807, 2.05) is 56.3 Å². The van der Waals surface area contributed by atoms with Crippen LogP contribution in [-0.2, 0) is 6.61 Å². The lowest BCUT2D eigenvalue weighted by atomic mass is 10.1. The molecule has 2 nitrogen and oxygen atoms in total. The van der Waals surface area contributed by atoms with Crippen LogP contribution in [0.2, 0.25) is 0 Å². The lowest BCUT2D eigenvalue weighted by Gasteiger charge is -2.09. The van der Waals surface area contributed by atoms with Crippen LogP contribution in [0.5, 0.6) is 5.88 Å². The van der Waals surface area contributed by atoms with Gasteiger partial charge in [-0.25, -0.2) is 4.98 Å². The number of pyridine rings is 1. The minimum atomic E-state index is 0.541. The van der Waals surface area contributed by atoms with Crippen molar-refractivity contribution in [2.45, 2.75) is 20.5 Å². The van der Waals surface area contributed by atoms with Gasteiger partial charge in [0.05, 0.1) is 0 Å². The van der Waals surface area contributed by atoms with Gasteiger partial charge in [0.2, 0.25) is 5.88 Å². The molecule has 0 amide bonds. The van der Waals surface area contributed by atoms with Gasteiger partial charge < -0.3 is 4.74 Å². The van der Waals surface area contributed by atoms with Gasteiger partial charge in [-0.15, -0.1) is 0 Å². The number of nitrogens with zero attached hydrogens (tertiary/aromatic N) is 1. The molecular weight excluding hydrogens is 222 g/mol. The number of aromatic nitrogens is 1. The van der Waals surface area contributed by atoms with E-state index in [2.05, 4.69) is 11.6 Å². The predicted octanol–water partition coefficient (Wildman–Crippen LogP) is 4.00. The average Bonchev–Trinajstić information content (AvgIpc) is 2.37. The third kappa shape index (κ3) is 2.98. The van der Waals surface area contributed by atoms with Crippen LogP contribution in [-0.4, -0.2) is 4.98 Å². The first-order chi connectivity index (χ1) is 8.66. The zero-order valence-corrected chi connectivity index (χ0v) is 10.8. The second-order valence-corrected chi connectivity index (χ2v) is 4.34. The number of rotatable bonds is 4. The molecule has 0 atom stereocenters. The van der Waals surface area contributed by atoms with Crippen molar-refractivity contribution in [2.24, 2.45) is 0 Å². The molecule has 2 heteroatoms. The summed E-state index contributed by atoms with van der Waals surface area (Å²) >= 11 is 0. The molecule has 1 aromatic heterocycles. The molecule has 0 fully saturated rings. The van der Waals surface area contributed by atoms with Crippen LogP contribution in [0.15, 0.2) is 49.0 Å². The van der Waals surface area contributed by atoms with Crippen LogP contribution in [0.3, 0.4) is 0 Å². The molecule has 0 aliphatic heterocycles. The molecule has 0 radical (unpaired) electrons. The number of aryl methyl sites for hydroxylation is 1. The van der Waals surface area contributed by atoms with E-state index in [-0.39, 0.29) is 0 Å². The van der Waals surface area contributed by atoms with E-state index in [4.69, 9.17) is 4.74 Å². The van der Waals surface area contributed by atoms with Crippen LogP contribution < -0.4 is 4.74 Å². The van der Waals surface area contributed by atoms with E-state index in [9.17, 15) is 0 Å². The molecule has 0 aliphatic rings. The Bertz CT molecular complexity index is 546. The standard InChI is InChI=1S/C16H17NO/c1-12(2)15-9-10-16(17-13(15)3)18-11-14-7-5-4-6-8-14/h4-10H,1,11H2,2-3H3. The van der Waals surface area contributed by atoms with Gasteiger partial charge in [0.25, 0.3) is 0 Å². The third-order valence-electron chi connectivity index (χ3n) is 2.75. The fourth-order valence-corrected chi connectivity index (χ4v) is 1.80. The van der Waals surface area contributed by atoms with Crippen molar-refractivity contribution in [3.8, 4) is 5.88 Å². The SMILES string of the molecule is C=C(C)c1ccc(OCc2ccccc2)nc1C. The molecule has 1 heterocycles. The first-order valence-electron chi connectivity index (χ1n) is 5.97. The van der Waals surface area contributed by atoms with Gasteiger partial charge >= 0.3 is 0 Å². The maximum atomic E-state index is 5.67. The number of hydrogen-bond acceptors (Lipinski definition) is 2. The summed E-state index contributed by atoms with van der Waals surface area (Å²) in [6, 6.07) is 14.0. The number of allylic oxidation sites excluding steroid dienone is 1. The third-order valence-corrected chi connectivity index (χ3v) is 2.75. The van der Waals surface area contributed by atoms with Gasteiger partial charge in [-0.3, -0.25) is 0 Å². The van der Waals surface area contributed by atoms with E-state index < -0.39 is 0 Å². The van der Waals surface area contributed by atoms with Crippen LogP contribution in [0.25, 0.3) is 5.57 Å². The van der Waals surface area contributed by atoms with E-state index in [0.29, 0.717) is 12.5 Å². The molecular formula is C16H17NO. The highest BCUT2D eigenvalue weighted by Gasteiger charge is 2.03. The molecule has 0 aliphatic carbocycles. The van der Waals surface area contributed by atoms with Crippen molar-refractivity contribution < 1.29 is 4.74 Å². The van der Waals surface area contributed by atoms with Crippen molar-refractivity contribution in [3.63, 3.8) is 0 Å². The Labute approximate surface area is 108 Å². The lowest BCUT2D eigenvalue weighted by Crippen LogP contribution is -1.99. The zero-order valence-electron chi connectivity index (χ0n) is 10.8. The van der Waals surface area contributed by atoms with Crippen molar-refractivity contribution in [1.82, 2.24) is 4.98 Å². The molecule has 1 aromatic carbocycles. The van der Waals surface area contributed by atoms with Crippen LogP contribution in [0, 0.1) is 6.92 Å². The monoisotopic (exact) mass is 239 g/mol. The normalized spacial score (nSPS) is 10.1. The molecule has 18 heavy (non-hydrogen) atoms. The summed E-state index contributed by atoms with van der Waals surface area (Å²) in [6.07, 6.45) is 0. The highest BCUT2D eigenvalue weighted by Crippen LogP contribution is 2.19. The molecule has 92 valence electrons. The smallest absolute Gasteiger partial charge is 0.213 e. The topological polar surface area (TPSA) is 22.1 Å². The molecule has 0 spiro atoms. The second-order valence-electron chi connectivity index (χ2n) is 4.34. The summed E-state index contributed by atoms with van der Waals surface area (Å²) in [5.74, 6) is 0.654. The van der Waals surface area contributed by atoms with E-state index >= 15 is 0 Å². The van der Waals surface area contributed by atoms with Crippen molar-refractivity contribution in [3.05, 3.63) is 65.9 Å². The first-order valence-corrected chi connectivity index (χ1v) is 5.97. The van der Waals surface area contributed by atoms with Gasteiger partial charge in [-0.1, -0.05) is 36.9 Å². The Kier molecular flexibility index (Phi) is 3.78. The Balaban J connectivity index is 2.07. The van der Waals surface area contributed by atoms with Crippen LogP contribution >= 0.6 is 0 Å². The maximum absolute atomic E-state index is 5.67. The number of ether oxygens (including phenoxy) is 1. The Morgan fingerprint density at radius 2 is 1.89 bits per heavy atom. The van der Waals surface area contributed by atoms with Gasteiger partial charge in [0.1, 0.15) is 6.61 Å². The lowest BCUT2D eigenvalue weighted by molar-refractivity contribution is 0.293. The van der Waals surface area contributed by atoms with Gasteiger partial charge in [0, 0.05) is 11.8 Å². The number of benzene rings is 1. The number of hydrogen-bond donors (Lipinski definition) is 0. The van der Waals surface area contributed by atoms with E-state index in [1.54, 1.807) is 0 Å². The first kappa shape index (κ1) is 12.4. The second kappa shape index (κ2) is 5.50.